The first-order valence-corrected chi connectivity index (χ1v) is 21.2. The van der Waals surface area contributed by atoms with Crippen LogP contribution >= 0.6 is 0 Å². The normalized spacial score (nSPS) is 11.7. The third-order valence-corrected chi connectivity index (χ3v) is 11.9. The van der Waals surface area contributed by atoms with Gasteiger partial charge in [0.15, 0.2) is 5.82 Å². The van der Waals surface area contributed by atoms with E-state index in [1.807, 2.05) is 60.7 Å². The average molecular weight is 805 g/mol. The lowest BCUT2D eigenvalue weighted by Crippen LogP contribution is -1.98. The molecule has 0 aliphatic heterocycles. The summed E-state index contributed by atoms with van der Waals surface area (Å²) in [6.07, 6.45) is 2.00. The fourth-order valence-electron chi connectivity index (χ4n) is 8.76. The Morgan fingerprint density at radius 2 is 0.952 bits per heavy atom. The van der Waals surface area contributed by atoms with Crippen molar-refractivity contribution in [2.24, 2.45) is 0 Å². The van der Waals surface area contributed by atoms with Crippen LogP contribution in [0.3, 0.4) is 0 Å². The van der Waals surface area contributed by atoms with Crippen molar-refractivity contribution >= 4 is 43.9 Å². The summed E-state index contributed by atoms with van der Waals surface area (Å²) in [7, 11) is 0. The molecule has 0 radical (unpaired) electrons. The Hall–Kier alpha value is -8.47. The molecule has 0 fully saturated rings. The number of rotatable bonds is 9. The topological polar surface area (TPSA) is 54.6 Å². The van der Waals surface area contributed by atoms with Gasteiger partial charge in [-0.2, -0.15) is 0 Å². The zero-order valence-electron chi connectivity index (χ0n) is 34.4. The van der Waals surface area contributed by atoms with E-state index < -0.39 is 0 Å². The number of benzene rings is 9. The predicted molar refractivity (Wildman–Crippen MR) is 262 cm³/mol. The summed E-state index contributed by atoms with van der Waals surface area (Å²) in [5, 5.41) is 13.8. The second-order valence-electron chi connectivity index (χ2n) is 15.8. The summed E-state index contributed by atoms with van der Waals surface area (Å²) in [4.78, 5) is 10.3. The molecule has 0 aliphatic carbocycles. The number of hydrogen-bond acceptors (Lipinski definition) is 3. The minimum Gasteiger partial charge on any atom is -0.309 e. The standard InChI is InChI=1S/C59H40N4/c60-54(43-18-6-2-7-19-43)38-53(41-16-4-1-5-17-41)49-27-15-22-42-32-35-46(37-52(42)49)40-30-33-44(34-31-40)55-39-56(62-59(61-55)45-20-8-3-9-21-45)47-23-14-24-48(36-47)63-57-28-12-10-25-50(57)51-26-11-13-29-58(51)63/h1-39,60H/b53-38-,60-54?. The maximum Gasteiger partial charge on any atom is 0.160 e. The van der Waals surface area contributed by atoms with E-state index in [2.05, 4.69) is 180 Å². The van der Waals surface area contributed by atoms with Crippen LogP contribution in [-0.4, -0.2) is 20.2 Å². The zero-order valence-corrected chi connectivity index (χ0v) is 34.4. The monoisotopic (exact) mass is 804 g/mol. The Balaban J connectivity index is 0.982. The number of nitrogens with zero attached hydrogens (tertiary/aromatic N) is 3. The van der Waals surface area contributed by atoms with Crippen LogP contribution < -0.4 is 0 Å². The molecule has 11 aromatic rings. The van der Waals surface area contributed by atoms with E-state index in [0.29, 0.717) is 11.5 Å². The highest BCUT2D eigenvalue weighted by Crippen LogP contribution is 2.36. The number of nitrogens with one attached hydrogen (secondary N) is 1. The average Bonchev–Trinajstić information content (AvgIpc) is 3.70. The molecule has 2 heterocycles. The molecule has 0 spiro atoms. The number of hydrogen-bond donors (Lipinski definition) is 1. The van der Waals surface area contributed by atoms with Gasteiger partial charge in [-0.15, -0.1) is 0 Å². The van der Waals surface area contributed by atoms with Crippen molar-refractivity contribution in [1.82, 2.24) is 14.5 Å². The van der Waals surface area contributed by atoms with Crippen molar-refractivity contribution in [3.63, 3.8) is 0 Å². The van der Waals surface area contributed by atoms with Gasteiger partial charge < -0.3 is 9.98 Å². The molecule has 11 rings (SSSR count). The van der Waals surface area contributed by atoms with Crippen molar-refractivity contribution in [3.8, 4) is 50.7 Å². The molecule has 0 atom stereocenters. The third kappa shape index (κ3) is 7.20. The molecule has 0 aliphatic rings. The summed E-state index contributed by atoms with van der Waals surface area (Å²) >= 11 is 0. The molecule has 0 saturated heterocycles. The lowest BCUT2D eigenvalue weighted by molar-refractivity contribution is 1.16. The molecular formula is C59H40N4. The molecule has 1 N–H and O–H groups in total. The minimum absolute atomic E-state index is 0.470. The Kier molecular flexibility index (Phi) is 9.64. The second-order valence-corrected chi connectivity index (χ2v) is 15.8. The second kappa shape index (κ2) is 16.2. The minimum atomic E-state index is 0.470. The number of fused-ring (bicyclic) bond motifs is 4. The van der Waals surface area contributed by atoms with Crippen LogP contribution in [0.15, 0.2) is 237 Å². The van der Waals surface area contributed by atoms with E-state index in [9.17, 15) is 0 Å². The van der Waals surface area contributed by atoms with Gasteiger partial charge in [0, 0.05) is 33.2 Å². The van der Waals surface area contributed by atoms with Crippen molar-refractivity contribution < 1.29 is 0 Å². The molecule has 0 unspecified atom stereocenters. The van der Waals surface area contributed by atoms with Crippen LogP contribution in [0.25, 0.3) is 88.9 Å². The number of allylic oxidation sites excluding steroid dienone is 1. The summed E-state index contributed by atoms with van der Waals surface area (Å²) in [6, 6.07) is 80.3. The first-order chi connectivity index (χ1) is 31.1. The zero-order chi connectivity index (χ0) is 42.1. The van der Waals surface area contributed by atoms with Crippen LogP contribution in [0.5, 0.6) is 0 Å². The van der Waals surface area contributed by atoms with Gasteiger partial charge >= 0.3 is 0 Å². The first kappa shape index (κ1) is 37.5. The van der Waals surface area contributed by atoms with E-state index in [4.69, 9.17) is 15.4 Å². The van der Waals surface area contributed by atoms with Crippen LogP contribution in [-0.2, 0) is 0 Å². The van der Waals surface area contributed by atoms with E-state index in [0.717, 1.165) is 77.9 Å². The number of aromatic nitrogens is 3. The van der Waals surface area contributed by atoms with Gasteiger partial charge in [0.1, 0.15) is 0 Å². The summed E-state index contributed by atoms with van der Waals surface area (Å²) in [5.41, 5.74) is 14.8. The highest BCUT2D eigenvalue weighted by Gasteiger charge is 2.16. The lowest BCUT2D eigenvalue weighted by Gasteiger charge is -2.14. The van der Waals surface area contributed by atoms with Gasteiger partial charge in [0.25, 0.3) is 0 Å². The van der Waals surface area contributed by atoms with E-state index in [-0.39, 0.29) is 0 Å². The Morgan fingerprint density at radius 3 is 1.65 bits per heavy atom. The molecule has 4 nitrogen and oxygen atoms in total. The smallest absolute Gasteiger partial charge is 0.160 e. The highest BCUT2D eigenvalue weighted by molar-refractivity contribution is 6.14. The Morgan fingerprint density at radius 1 is 0.397 bits per heavy atom. The van der Waals surface area contributed by atoms with Gasteiger partial charge in [-0.25, -0.2) is 9.97 Å². The summed E-state index contributed by atoms with van der Waals surface area (Å²) < 4.78 is 2.34. The summed E-state index contributed by atoms with van der Waals surface area (Å²) in [5.74, 6) is 0.680. The fraction of sp³-hybridized carbons (Fsp3) is 0. The SMILES string of the molecule is N=C(/C=C(/c1ccccc1)c1cccc2ccc(-c3ccc(-c4cc(-c5cccc(-n6c7ccccc7c7ccccc76)c5)nc(-c5ccccc5)n4)cc3)cc12)c1ccccc1. The van der Waals surface area contributed by atoms with Crippen LogP contribution in [0.1, 0.15) is 16.7 Å². The van der Waals surface area contributed by atoms with Crippen molar-refractivity contribution in [3.05, 3.63) is 253 Å². The maximum atomic E-state index is 9.06. The van der Waals surface area contributed by atoms with Crippen molar-refractivity contribution in [1.29, 1.82) is 5.41 Å². The Bertz CT molecular complexity index is 3440. The highest BCUT2D eigenvalue weighted by atomic mass is 15.0. The Labute approximate surface area is 366 Å². The molecule has 0 bridgehead atoms. The fourth-order valence-corrected chi connectivity index (χ4v) is 8.76. The van der Waals surface area contributed by atoms with Gasteiger partial charge in [-0.1, -0.05) is 194 Å². The van der Waals surface area contributed by atoms with Crippen molar-refractivity contribution in [2.45, 2.75) is 0 Å². The van der Waals surface area contributed by atoms with Gasteiger partial charge in [0.2, 0.25) is 0 Å². The van der Waals surface area contributed by atoms with E-state index in [1.165, 1.54) is 21.8 Å². The van der Waals surface area contributed by atoms with Gasteiger partial charge in [-0.05, 0) is 86.6 Å². The molecule has 296 valence electrons. The molecule has 2 aromatic heterocycles. The molecule has 9 aromatic carbocycles. The third-order valence-electron chi connectivity index (χ3n) is 11.9. The van der Waals surface area contributed by atoms with Gasteiger partial charge in [-0.3, -0.25) is 0 Å². The maximum absolute atomic E-state index is 9.06. The predicted octanol–water partition coefficient (Wildman–Crippen LogP) is 14.9. The lowest BCUT2D eigenvalue weighted by atomic mass is 9.90. The largest absolute Gasteiger partial charge is 0.309 e. The van der Waals surface area contributed by atoms with Crippen LogP contribution in [0, 0.1) is 5.41 Å². The van der Waals surface area contributed by atoms with Crippen LogP contribution in [0.4, 0.5) is 0 Å². The molecule has 0 saturated carbocycles. The summed E-state index contributed by atoms with van der Waals surface area (Å²) in [6.45, 7) is 0. The first-order valence-electron chi connectivity index (χ1n) is 21.2. The van der Waals surface area contributed by atoms with Gasteiger partial charge in [0.05, 0.1) is 28.1 Å². The van der Waals surface area contributed by atoms with E-state index >= 15 is 0 Å². The van der Waals surface area contributed by atoms with Crippen molar-refractivity contribution in [2.75, 3.05) is 0 Å². The van der Waals surface area contributed by atoms with Crippen LogP contribution in [0.2, 0.25) is 0 Å². The molecule has 63 heavy (non-hydrogen) atoms. The number of para-hydroxylation sites is 2. The van der Waals surface area contributed by atoms with E-state index in [1.54, 1.807) is 0 Å². The molecule has 0 amide bonds. The quantitative estimate of drug-likeness (QED) is 0.148. The molecule has 4 heteroatoms. The molecular weight excluding hydrogens is 765 g/mol.